The summed E-state index contributed by atoms with van der Waals surface area (Å²) in [7, 11) is 0. The number of hydrogen-bond donors (Lipinski definition) is 1. The van der Waals surface area contributed by atoms with Gasteiger partial charge in [0.15, 0.2) is 5.89 Å². The predicted molar refractivity (Wildman–Crippen MR) is 133 cm³/mol. The third-order valence-electron chi connectivity index (χ3n) is 6.99. The largest absolute Gasteiger partial charge is 0.493 e. The molecule has 1 aromatic heterocycles. The van der Waals surface area contributed by atoms with Crippen LogP contribution >= 0.6 is 0 Å². The van der Waals surface area contributed by atoms with Crippen LogP contribution in [0.3, 0.4) is 0 Å². The molecule has 3 unspecified atom stereocenters. The van der Waals surface area contributed by atoms with Gasteiger partial charge in [-0.2, -0.15) is 0 Å². The Morgan fingerprint density at radius 1 is 1.28 bits per heavy atom. The molecule has 2 aliphatic heterocycles. The molecule has 36 heavy (non-hydrogen) atoms. The first-order valence-electron chi connectivity index (χ1n) is 13.0. The SMILES string of the molecule is CCCON(CCC)C(=O)CN1CC(c2ccc3c(c2)CCO3)C(C(=O)O)C1CCc1ncc(C)o1. The first kappa shape index (κ1) is 26.2. The topological polar surface area (TPSA) is 105 Å². The van der Waals surface area contributed by atoms with Crippen molar-refractivity contribution < 1.29 is 28.7 Å². The van der Waals surface area contributed by atoms with E-state index in [9.17, 15) is 14.7 Å². The minimum absolute atomic E-state index is 0.104. The molecule has 1 fully saturated rings. The van der Waals surface area contributed by atoms with Crippen molar-refractivity contribution in [3.8, 4) is 5.75 Å². The number of likely N-dealkylation sites (tertiary alicyclic amines) is 1. The number of fused-ring (bicyclic) bond motifs is 1. The summed E-state index contributed by atoms with van der Waals surface area (Å²) in [6.45, 7) is 8.04. The summed E-state index contributed by atoms with van der Waals surface area (Å²) in [5.41, 5.74) is 2.09. The van der Waals surface area contributed by atoms with Crippen molar-refractivity contribution in [3.05, 3.63) is 47.2 Å². The fraction of sp³-hybridized carbons (Fsp3) is 0.593. The van der Waals surface area contributed by atoms with Crippen LogP contribution in [0.15, 0.2) is 28.8 Å². The van der Waals surface area contributed by atoms with Crippen molar-refractivity contribution in [3.63, 3.8) is 0 Å². The fourth-order valence-electron chi connectivity index (χ4n) is 5.33. The van der Waals surface area contributed by atoms with E-state index in [0.717, 1.165) is 41.9 Å². The summed E-state index contributed by atoms with van der Waals surface area (Å²) < 4.78 is 11.3. The third kappa shape index (κ3) is 5.90. The standard InChI is InChI=1S/C27H37N3O6/c1-4-11-30(35-12-5-2)25(31)17-29-16-21(19-6-8-23-20(14-19)10-13-34-23)26(27(32)33)22(29)7-9-24-28-15-18(3)36-24/h6,8,14-15,21-22,26H,4-5,7,9-13,16-17H2,1-3H3,(H,32,33). The highest BCUT2D eigenvalue weighted by Gasteiger charge is 2.47. The zero-order chi connectivity index (χ0) is 25.7. The highest BCUT2D eigenvalue weighted by atomic mass is 16.7. The molecule has 9 nitrogen and oxygen atoms in total. The van der Waals surface area contributed by atoms with E-state index in [1.54, 1.807) is 6.20 Å². The molecular weight excluding hydrogens is 462 g/mol. The van der Waals surface area contributed by atoms with Gasteiger partial charge < -0.3 is 14.3 Å². The maximum atomic E-state index is 13.3. The number of carboxylic acid groups (broad SMARTS) is 1. The van der Waals surface area contributed by atoms with Gasteiger partial charge in [-0.3, -0.25) is 19.3 Å². The number of carboxylic acids is 1. The van der Waals surface area contributed by atoms with Crippen molar-refractivity contribution in [1.82, 2.24) is 14.9 Å². The Morgan fingerprint density at radius 2 is 2.11 bits per heavy atom. The third-order valence-corrected chi connectivity index (χ3v) is 6.99. The molecule has 0 spiro atoms. The minimum atomic E-state index is -0.854. The van der Waals surface area contributed by atoms with E-state index in [1.807, 2.05) is 37.8 Å². The number of hydroxylamine groups is 2. The number of ether oxygens (including phenoxy) is 1. The molecule has 4 rings (SSSR count). The van der Waals surface area contributed by atoms with Crippen LogP contribution in [-0.4, -0.2) is 70.8 Å². The highest BCUT2D eigenvalue weighted by Crippen LogP contribution is 2.41. The number of aliphatic carboxylic acids is 1. The first-order valence-corrected chi connectivity index (χ1v) is 13.0. The lowest BCUT2D eigenvalue weighted by Gasteiger charge is -2.28. The molecule has 2 aromatic rings. The van der Waals surface area contributed by atoms with Gasteiger partial charge in [-0.1, -0.05) is 26.0 Å². The van der Waals surface area contributed by atoms with Crippen molar-refractivity contribution in [2.75, 3.05) is 32.8 Å². The molecule has 0 radical (unpaired) electrons. The van der Waals surface area contributed by atoms with Crippen LogP contribution < -0.4 is 4.74 Å². The van der Waals surface area contributed by atoms with E-state index in [0.29, 0.717) is 45.0 Å². The van der Waals surface area contributed by atoms with Gasteiger partial charge in [0.1, 0.15) is 11.5 Å². The second kappa shape index (κ2) is 11.9. The van der Waals surface area contributed by atoms with E-state index >= 15 is 0 Å². The number of amides is 1. The second-order valence-corrected chi connectivity index (χ2v) is 9.67. The Morgan fingerprint density at radius 3 is 2.81 bits per heavy atom. The zero-order valence-electron chi connectivity index (χ0n) is 21.4. The van der Waals surface area contributed by atoms with Gasteiger partial charge in [-0.25, -0.2) is 10.0 Å². The van der Waals surface area contributed by atoms with Crippen LogP contribution in [0.2, 0.25) is 0 Å². The maximum absolute atomic E-state index is 13.3. The molecule has 2 aliphatic rings. The molecule has 1 amide bonds. The van der Waals surface area contributed by atoms with Crippen molar-refractivity contribution >= 4 is 11.9 Å². The van der Waals surface area contributed by atoms with Crippen LogP contribution in [0.5, 0.6) is 5.75 Å². The molecule has 0 aliphatic carbocycles. The average Bonchev–Trinajstić information content (AvgIpc) is 3.58. The molecule has 3 heterocycles. The van der Waals surface area contributed by atoms with Gasteiger partial charge in [-0.15, -0.1) is 0 Å². The number of aryl methyl sites for hydroxylation is 2. The molecule has 9 heteroatoms. The summed E-state index contributed by atoms with van der Waals surface area (Å²) in [6, 6.07) is 5.65. The Labute approximate surface area is 212 Å². The number of carbonyl (C=O) groups is 2. The lowest BCUT2D eigenvalue weighted by molar-refractivity contribution is -0.188. The van der Waals surface area contributed by atoms with E-state index in [2.05, 4.69) is 11.1 Å². The van der Waals surface area contributed by atoms with Crippen molar-refractivity contribution in [1.29, 1.82) is 0 Å². The fourth-order valence-corrected chi connectivity index (χ4v) is 5.33. The van der Waals surface area contributed by atoms with Crippen molar-refractivity contribution in [2.45, 2.75) is 64.8 Å². The number of carbonyl (C=O) groups excluding carboxylic acids is 1. The van der Waals surface area contributed by atoms with E-state index in [-0.39, 0.29) is 24.4 Å². The number of rotatable bonds is 12. The first-order chi connectivity index (χ1) is 17.4. The van der Waals surface area contributed by atoms with Crippen LogP contribution in [0.25, 0.3) is 0 Å². The van der Waals surface area contributed by atoms with Gasteiger partial charge in [0, 0.05) is 37.9 Å². The molecule has 1 aromatic carbocycles. The summed E-state index contributed by atoms with van der Waals surface area (Å²) >= 11 is 0. The molecule has 1 N–H and O–H groups in total. The van der Waals surface area contributed by atoms with Crippen LogP contribution in [0, 0.1) is 12.8 Å². The van der Waals surface area contributed by atoms with E-state index < -0.39 is 11.9 Å². The summed E-state index contributed by atoms with van der Waals surface area (Å²) in [5, 5.41) is 11.8. The molecule has 0 bridgehead atoms. The van der Waals surface area contributed by atoms with Crippen LogP contribution in [-0.2, 0) is 27.3 Å². The Bertz CT molecular complexity index is 1050. The number of hydrogen-bond acceptors (Lipinski definition) is 7. The van der Waals surface area contributed by atoms with Crippen LogP contribution in [0.1, 0.15) is 61.8 Å². The van der Waals surface area contributed by atoms with Crippen LogP contribution in [0.4, 0.5) is 0 Å². The molecule has 1 saturated heterocycles. The number of oxazole rings is 1. The summed E-state index contributed by atoms with van der Waals surface area (Å²) in [4.78, 5) is 37.9. The smallest absolute Gasteiger partial charge is 0.308 e. The predicted octanol–water partition coefficient (Wildman–Crippen LogP) is 3.60. The van der Waals surface area contributed by atoms with Gasteiger partial charge >= 0.3 is 5.97 Å². The van der Waals surface area contributed by atoms with Gasteiger partial charge in [0.25, 0.3) is 5.91 Å². The lowest BCUT2D eigenvalue weighted by atomic mass is 9.83. The molecular formula is C27H37N3O6. The van der Waals surface area contributed by atoms with E-state index in [1.165, 1.54) is 5.06 Å². The normalized spacial score (nSPS) is 21.4. The number of benzene rings is 1. The number of aromatic nitrogens is 1. The van der Waals surface area contributed by atoms with Gasteiger partial charge in [-0.05, 0) is 43.4 Å². The Balaban J connectivity index is 1.59. The Hall–Kier alpha value is -2.91. The molecule has 3 atom stereocenters. The van der Waals surface area contributed by atoms with Gasteiger partial charge in [0.2, 0.25) is 0 Å². The number of nitrogens with zero attached hydrogens (tertiary/aromatic N) is 3. The summed E-state index contributed by atoms with van der Waals surface area (Å²) in [5.74, 6) is 0.274. The average molecular weight is 500 g/mol. The molecule has 196 valence electrons. The minimum Gasteiger partial charge on any atom is -0.493 e. The maximum Gasteiger partial charge on any atom is 0.308 e. The zero-order valence-corrected chi connectivity index (χ0v) is 21.4. The molecule has 0 saturated carbocycles. The van der Waals surface area contributed by atoms with Gasteiger partial charge in [0.05, 0.1) is 31.9 Å². The monoisotopic (exact) mass is 499 g/mol. The highest BCUT2D eigenvalue weighted by molar-refractivity contribution is 5.78. The van der Waals surface area contributed by atoms with E-state index in [4.69, 9.17) is 14.0 Å². The Kier molecular flexibility index (Phi) is 8.64. The van der Waals surface area contributed by atoms with Crippen molar-refractivity contribution in [2.24, 2.45) is 5.92 Å². The lowest BCUT2D eigenvalue weighted by Crippen LogP contribution is -2.44. The summed E-state index contributed by atoms with van der Waals surface area (Å²) in [6.07, 6.45) is 5.11. The quantitative estimate of drug-likeness (QED) is 0.442. The second-order valence-electron chi connectivity index (χ2n) is 9.67.